The van der Waals surface area contributed by atoms with E-state index in [1.165, 1.54) is 24.8 Å². The first-order valence-corrected chi connectivity index (χ1v) is 8.01. The summed E-state index contributed by atoms with van der Waals surface area (Å²) in [6.07, 6.45) is 3.98. The summed E-state index contributed by atoms with van der Waals surface area (Å²) in [5, 5.41) is 13.0. The number of benzene rings is 1. The van der Waals surface area contributed by atoms with Crippen LogP contribution < -0.4 is 10.2 Å². The SMILES string of the molecule is CC(C)(C)NCc1ccc(N2CC3CCC2C3)c(C#N)c1. The lowest BCUT2D eigenvalue weighted by Crippen LogP contribution is -2.35. The van der Waals surface area contributed by atoms with Crippen LogP contribution in [0.15, 0.2) is 18.2 Å². The maximum absolute atomic E-state index is 9.50. The summed E-state index contributed by atoms with van der Waals surface area (Å²) in [7, 11) is 0. The standard InChI is InChI=1S/C18H25N3/c1-18(2,3)20-11-13-5-7-17(15(8-13)10-19)21-12-14-4-6-16(21)9-14/h5,7-8,14,16,20H,4,6,9,11-12H2,1-3H3. The molecule has 2 atom stereocenters. The van der Waals surface area contributed by atoms with Crippen molar-refractivity contribution in [3.05, 3.63) is 29.3 Å². The average Bonchev–Trinajstić information content (AvgIpc) is 3.06. The minimum atomic E-state index is 0.0968. The largest absolute Gasteiger partial charge is 0.367 e. The Hall–Kier alpha value is -1.53. The van der Waals surface area contributed by atoms with Gasteiger partial charge in [0.15, 0.2) is 0 Å². The van der Waals surface area contributed by atoms with E-state index in [2.05, 4.69) is 55.3 Å². The van der Waals surface area contributed by atoms with E-state index in [1.54, 1.807) is 0 Å². The Labute approximate surface area is 128 Å². The van der Waals surface area contributed by atoms with E-state index in [1.807, 2.05) is 0 Å². The van der Waals surface area contributed by atoms with Gasteiger partial charge >= 0.3 is 0 Å². The molecule has 1 aliphatic carbocycles. The lowest BCUT2D eigenvalue weighted by atomic mass is 10.0. The Morgan fingerprint density at radius 3 is 2.71 bits per heavy atom. The summed E-state index contributed by atoms with van der Waals surface area (Å²) < 4.78 is 0. The number of anilines is 1. The van der Waals surface area contributed by atoms with Gasteiger partial charge in [-0.05, 0) is 63.6 Å². The number of hydrogen-bond acceptors (Lipinski definition) is 3. The highest BCUT2D eigenvalue weighted by atomic mass is 15.2. The van der Waals surface area contributed by atoms with Crippen LogP contribution in [0.4, 0.5) is 5.69 Å². The molecular formula is C18H25N3. The van der Waals surface area contributed by atoms with Crippen LogP contribution in [0, 0.1) is 17.2 Å². The third-order valence-corrected chi connectivity index (χ3v) is 4.72. The second-order valence-electron chi connectivity index (χ2n) is 7.55. The van der Waals surface area contributed by atoms with Gasteiger partial charge in [-0.15, -0.1) is 0 Å². The van der Waals surface area contributed by atoms with Crippen molar-refractivity contribution in [1.29, 1.82) is 5.26 Å². The highest BCUT2D eigenvalue weighted by molar-refractivity contribution is 5.62. The fraction of sp³-hybridized carbons (Fsp3) is 0.611. The molecule has 1 aromatic carbocycles. The number of rotatable bonds is 3. The minimum Gasteiger partial charge on any atom is -0.367 e. The second-order valence-corrected chi connectivity index (χ2v) is 7.55. The molecular weight excluding hydrogens is 258 g/mol. The van der Waals surface area contributed by atoms with E-state index in [4.69, 9.17) is 0 Å². The fourth-order valence-corrected chi connectivity index (χ4v) is 3.62. The Bertz CT molecular complexity index is 565. The molecule has 21 heavy (non-hydrogen) atoms. The number of hydrogen-bond donors (Lipinski definition) is 1. The maximum Gasteiger partial charge on any atom is 0.101 e. The Balaban J connectivity index is 1.78. The Morgan fingerprint density at radius 2 is 2.14 bits per heavy atom. The third kappa shape index (κ3) is 3.06. The molecule has 3 nitrogen and oxygen atoms in total. The summed E-state index contributed by atoms with van der Waals surface area (Å²) in [5.74, 6) is 0.851. The van der Waals surface area contributed by atoms with Crippen molar-refractivity contribution < 1.29 is 0 Å². The van der Waals surface area contributed by atoms with Gasteiger partial charge in [-0.2, -0.15) is 5.26 Å². The predicted molar refractivity (Wildman–Crippen MR) is 86.2 cm³/mol. The fourth-order valence-electron chi connectivity index (χ4n) is 3.62. The lowest BCUT2D eigenvalue weighted by Gasteiger charge is -2.30. The molecule has 0 amide bonds. The summed E-state index contributed by atoms with van der Waals surface area (Å²) in [6, 6.07) is 9.44. The zero-order chi connectivity index (χ0) is 15.0. The zero-order valence-corrected chi connectivity index (χ0v) is 13.3. The summed E-state index contributed by atoms with van der Waals surface area (Å²) in [5.41, 5.74) is 3.26. The van der Waals surface area contributed by atoms with Crippen LogP contribution >= 0.6 is 0 Å². The summed E-state index contributed by atoms with van der Waals surface area (Å²) >= 11 is 0. The van der Waals surface area contributed by atoms with Gasteiger partial charge in [-0.1, -0.05) is 6.07 Å². The van der Waals surface area contributed by atoms with E-state index in [0.717, 1.165) is 30.3 Å². The van der Waals surface area contributed by atoms with Crippen LogP contribution in [0.1, 0.15) is 51.2 Å². The normalized spacial score (nSPS) is 24.4. The molecule has 1 saturated carbocycles. The molecule has 2 bridgehead atoms. The second kappa shape index (κ2) is 5.35. The van der Waals surface area contributed by atoms with Crippen molar-refractivity contribution in [3.63, 3.8) is 0 Å². The molecule has 3 heteroatoms. The van der Waals surface area contributed by atoms with E-state index in [-0.39, 0.29) is 5.54 Å². The van der Waals surface area contributed by atoms with Gasteiger partial charge in [0.05, 0.1) is 11.3 Å². The number of nitrogens with zero attached hydrogens (tertiary/aromatic N) is 2. The number of nitrogens with one attached hydrogen (secondary N) is 1. The highest BCUT2D eigenvalue weighted by Gasteiger charge is 2.38. The lowest BCUT2D eigenvalue weighted by molar-refractivity contribution is 0.424. The van der Waals surface area contributed by atoms with Crippen LogP contribution in [-0.4, -0.2) is 18.1 Å². The Kier molecular flexibility index (Phi) is 3.67. The van der Waals surface area contributed by atoms with Gasteiger partial charge < -0.3 is 10.2 Å². The van der Waals surface area contributed by atoms with E-state index < -0.39 is 0 Å². The molecule has 0 radical (unpaired) electrons. The molecule has 1 aliphatic heterocycles. The monoisotopic (exact) mass is 283 g/mol. The molecule has 0 spiro atoms. The molecule has 0 aromatic heterocycles. The molecule has 2 aliphatic rings. The van der Waals surface area contributed by atoms with Gasteiger partial charge in [0.25, 0.3) is 0 Å². The molecule has 1 N–H and O–H groups in total. The first kappa shape index (κ1) is 14.4. The topological polar surface area (TPSA) is 39.1 Å². The molecule has 1 saturated heterocycles. The highest BCUT2D eigenvalue weighted by Crippen LogP contribution is 2.41. The van der Waals surface area contributed by atoms with Gasteiger partial charge in [0.1, 0.15) is 6.07 Å². The molecule has 3 rings (SSSR count). The predicted octanol–water partition coefficient (Wildman–Crippen LogP) is 3.44. The van der Waals surface area contributed by atoms with Crippen molar-refractivity contribution >= 4 is 5.69 Å². The smallest absolute Gasteiger partial charge is 0.101 e. The van der Waals surface area contributed by atoms with Crippen molar-refractivity contribution in [1.82, 2.24) is 5.32 Å². The van der Waals surface area contributed by atoms with Crippen LogP contribution in [-0.2, 0) is 6.54 Å². The average molecular weight is 283 g/mol. The first-order valence-electron chi connectivity index (χ1n) is 8.01. The third-order valence-electron chi connectivity index (χ3n) is 4.72. The van der Waals surface area contributed by atoms with Crippen LogP contribution in [0.2, 0.25) is 0 Å². The van der Waals surface area contributed by atoms with Gasteiger partial charge in [0.2, 0.25) is 0 Å². The van der Waals surface area contributed by atoms with Gasteiger partial charge in [0, 0.05) is 24.7 Å². The van der Waals surface area contributed by atoms with Crippen LogP contribution in [0.5, 0.6) is 0 Å². The number of fused-ring (bicyclic) bond motifs is 2. The minimum absolute atomic E-state index is 0.0968. The number of nitriles is 1. The van der Waals surface area contributed by atoms with E-state index in [0.29, 0.717) is 6.04 Å². The van der Waals surface area contributed by atoms with E-state index >= 15 is 0 Å². The van der Waals surface area contributed by atoms with Crippen LogP contribution in [0.25, 0.3) is 0 Å². The first-order chi connectivity index (χ1) is 9.96. The summed E-state index contributed by atoms with van der Waals surface area (Å²) in [6.45, 7) is 8.43. The maximum atomic E-state index is 9.50. The summed E-state index contributed by atoms with van der Waals surface area (Å²) in [4.78, 5) is 2.47. The molecule has 2 fully saturated rings. The van der Waals surface area contributed by atoms with Crippen molar-refractivity contribution in [2.75, 3.05) is 11.4 Å². The zero-order valence-electron chi connectivity index (χ0n) is 13.3. The van der Waals surface area contributed by atoms with Gasteiger partial charge in [-0.3, -0.25) is 0 Å². The van der Waals surface area contributed by atoms with Crippen molar-refractivity contribution in [3.8, 4) is 6.07 Å². The number of piperidine rings is 1. The molecule has 1 heterocycles. The molecule has 2 unspecified atom stereocenters. The Morgan fingerprint density at radius 1 is 1.33 bits per heavy atom. The van der Waals surface area contributed by atoms with E-state index in [9.17, 15) is 5.26 Å². The van der Waals surface area contributed by atoms with Gasteiger partial charge in [-0.25, -0.2) is 0 Å². The molecule has 1 aromatic rings. The van der Waals surface area contributed by atoms with Crippen molar-refractivity contribution in [2.45, 2.75) is 58.2 Å². The quantitative estimate of drug-likeness (QED) is 0.923. The molecule has 112 valence electrons. The van der Waals surface area contributed by atoms with Crippen molar-refractivity contribution in [2.24, 2.45) is 5.92 Å². The van der Waals surface area contributed by atoms with Crippen LogP contribution in [0.3, 0.4) is 0 Å².